The molecule has 0 unspecified atom stereocenters. The molecule has 0 spiro atoms. The van der Waals surface area contributed by atoms with Crippen molar-refractivity contribution in [2.75, 3.05) is 5.32 Å². The Hall–Kier alpha value is -2.78. The number of amides is 1. The zero-order chi connectivity index (χ0) is 19.1. The largest absolute Gasteiger partial charge is 0.322 e. The maximum Gasteiger partial charge on any atom is 0.248 e. The number of benzene rings is 3. The van der Waals surface area contributed by atoms with Crippen LogP contribution < -0.4 is 5.32 Å². The summed E-state index contributed by atoms with van der Waals surface area (Å²) in [5.41, 5.74) is 5.38. The van der Waals surface area contributed by atoms with E-state index in [9.17, 15) is 4.79 Å². The number of carbonyl (C=O) groups is 1. The Morgan fingerprint density at radius 1 is 0.963 bits per heavy atom. The molecule has 0 fully saturated rings. The van der Waals surface area contributed by atoms with Gasteiger partial charge < -0.3 is 5.32 Å². The first-order chi connectivity index (χ1) is 13.1. The monoisotopic (exact) mass is 373 g/mol. The number of hydrogen-bond donors (Lipinski definition) is 1. The van der Waals surface area contributed by atoms with Crippen molar-refractivity contribution in [1.82, 2.24) is 0 Å². The van der Waals surface area contributed by atoms with Crippen molar-refractivity contribution in [3.05, 3.63) is 101 Å². The lowest BCUT2D eigenvalue weighted by Gasteiger charge is -2.09. The van der Waals surface area contributed by atoms with Crippen LogP contribution in [0.25, 0.3) is 6.08 Å². The minimum atomic E-state index is -0.120. The molecule has 0 aromatic heterocycles. The summed E-state index contributed by atoms with van der Waals surface area (Å²) in [6, 6.07) is 24.6. The van der Waals surface area contributed by atoms with Gasteiger partial charge in [-0.3, -0.25) is 4.79 Å². The SMILES string of the molecule is Cc1ccc(/C=C/C(=O)Nc2ccc(CSc3ccccc3)cc2C)cc1. The zero-order valence-corrected chi connectivity index (χ0v) is 16.4. The summed E-state index contributed by atoms with van der Waals surface area (Å²) in [5.74, 6) is 0.789. The van der Waals surface area contributed by atoms with Gasteiger partial charge in [0.05, 0.1) is 0 Å². The van der Waals surface area contributed by atoms with Crippen LogP contribution in [0.15, 0.2) is 83.8 Å². The Balaban J connectivity index is 1.58. The zero-order valence-electron chi connectivity index (χ0n) is 15.6. The van der Waals surface area contributed by atoms with Crippen molar-refractivity contribution in [3.8, 4) is 0 Å². The van der Waals surface area contributed by atoms with Gasteiger partial charge in [0.25, 0.3) is 0 Å². The third-order valence-corrected chi connectivity index (χ3v) is 5.29. The number of anilines is 1. The van der Waals surface area contributed by atoms with E-state index in [1.165, 1.54) is 16.0 Å². The molecule has 3 aromatic rings. The van der Waals surface area contributed by atoms with E-state index >= 15 is 0 Å². The van der Waals surface area contributed by atoms with Crippen molar-refractivity contribution in [3.63, 3.8) is 0 Å². The number of thioether (sulfide) groups is 1. The summed E-state index contributed by atoms with van der Waals surface area (Å²) in [7, 11) is 0. The highest BCUT2D eigenvalue weighted by molar-refractivity contribution is 7.98. The summed E-state index contributed by atoms with van der Waals surface area (Å²) in [6.45, 7) is 4.07. The van der Waals surface area contributed by atoms with E-state index < -0.39 is 0 Å². The first-order valence-corrected chi connectivity index (χ1v) is 9.92. The molecule has 0 saturated heterocycles. The van der Waals surface area contributed by atoms with Gasteiger partial charge in [-0.15, -0.1) is 11.8 Å². The third-order valence-electron chi connectivity index (χ3n) is 4.20. The highest BCUT2D eigenvalue weighted by Crippen LogP contribution is 2.25. The van der Waals surface area contributed by atoms with Crippen LogP contribution in [0.4, 0.5) is 5.69 Å². The molecule has 0 radical (unpaired) electrons. The Labute approximate surface area is 165 Å². The lowest BCUT2D eigenvalue weighted by Crippen LogP contribution is -2.09. The predicted octanol–water partition coefficient (Wildman–Crippen LogP) is 6.25. The van der Waals surface area contributed by atoms with Gasteiger partial charge in [0.1, 0.15) is 0 Å². The minimum Gasteiger partial charge on any atom is -0.322 e. The molecule has 0 bridgehead atoms. The van der Waals surface area contributed by atoms with E-state index in [-0.39, 0.29) is 5.91 Å². The number of hydrogen-bond acceptors (Lipinski definition) is 2. The molecule has 0 heterocycles. The van der Waals surface area contributed by atoms with E-state index in [0.29, 0.717) is 0 Å². The van der Waals surface area contributed by atoms with Gasteiger partial charge >= 0.3 is 0 Å². The molecule has 1 N–H and O–H groups in total. The number of rotatable bonds is 6. The van der Waals surface area contributed by atoms with Crippen LogP contribution in [-0.4, -0.2) is 5.91 Å². The molecule has 3 aromatic carbocycles. The van der Waals surface area contributed by atoms with Gasteiger partial charge in [-0.25, -0.2) is 0 Å². The van der Waals surface area contributed by atoms with Crippen molar-refractivity contribution in [2.45, 2.75) is 24.5 Å². The number of nitrogens with one attached hydrogen (secondary N) is 1. The molecule has 2 nitrogen and oxygen atoms in total. The van der Waals surface area contributed by atoms with Crippen molar-refractivity contribution < 1.29 is 4.79 Å². The Bertz CT molecular complexity index is 930. The van der Waals surface area contributed by atoms with E-state index in [0.717, 1.165) is 22.6 Å². The quantitative estimate of drug-likeness (QED) is 0.409. The van der Waals surface area contributed by atoms with Gasteiger partial charge in [0, 0.05) is 22.4 Å². The Kier molecular flexibility index (Phi) is 6.50. The maximum atomic E-state index is 12.2. The molecule has 0 saturated carbocycles. The third kappa shape index (κ3) is 5.87. The van der Waals surface area contributed by atoms with Crippen LogP contribution in [0.2, 0.25) is 0 Å². The van der Waals surface area contributed by atoms with Crippen molar-refractivity contribution in [2.24, 2.45) is 0 Å². The summed E-state index contributed by atoms with van der Waals surface area (Å²) in [6.07, 6.45) is 3.40. The van der Waals surface area contributed by atoms with Gasteiger partial charge in [-0.05, 0) is 54.8 Å². The topological polar surface area (TPSA) is 29.1 Å². The van der Waals surface area contributed by atoms with Crippen LogP contribution in [0.3, 0.4) is 0 Å². The molecule has 0 aliphatic carbocycles. The fraction of sp³-hybridized carbons (Fsp3) is 0.125. The molecule has 1 amide bonds. The van der Waals surface area contributed by atoms with Crippen LogP contribution in [0.1, 0.15) is 22.3 Å². The second kappa shape index (κ2) is 9.24. The van der Waals surface area contributed by atoms with Crippen LogP contribution >= 0.6 is 11.8 Å². The Morgan fingerprint density at radius 3 is 2.41 bits per heavy atom. The first-order valence-electron chi connectivity index (χ1n) is 8.93. The highest BCUT2D eigenvalue weighted by atomic mass is 32.2. The first kappa shape index (κ1) is 19.0. The molecular formula is C24H23NOS. The highest BCUT2D eigenvalue weighted by Gasteiger charge is 2.04. The summed E-state index contributed by atoms with van der Waals surface area (Å²) in [5, 5.41) is 2.96. The maximum absolute atomic E-state index is 12.2. The van der Waals surface area contributed by atoms with Crippen LogP contribution in [0, 0.1) is 13.8 Å². The average Bonchev–Trinajstić information content (AvgIpc) is 2.69. The Morgan fingerprint density at radius 2 is 1.70 bits per heavy atom. The van der Waals surface area contributed by atoms with Gasteiger partial charge in [0.15, 0.2) is 0 Å². The molecule has 3 heteroatoms. The average molecular weight is 374 g/mol. The molecule has 27 heavy (non-hydrogen) atoms. The second-order valence-corrected chi connectivity index (χ2v) is 7.53. The van der Waals surface area contributed by atoms with Gasteiger partial charge in [-0.1, -0.05) is 60.2 Å². The van der Waals surface area contributed by atoms with Gasteiger partial charge in [0.2, 0.25) is 5.91 Å². The standard InChI is InChI=1S/C24H23NOS/c1-18-8-10-20(11-9-18)13-15-24(26)25-23-14-12-21(16-19(23)2)17-27-22-6-4-3-5-7-22/h3-16H,17H2,1-2H3,(H,25,26)/b15-13+. The van der Waals surface area contributed by atoms with E-state index in [4.69, 9.17) is 0 Å². The lowest BCUT2D eigenvalue weighted by molar-refractivity contribution is -0.111. The fourth-order valence-corrected chi connectivity index (χ4v) is 3.53. The number of aryl methyl sites for hydroxylation is 2. The second-order valence-electron chi connectivity index (χ2n) is 6.48. The lowest BCUT2D eigenvalue weighted by atomic mass is 10.1. The fourth-order valence-electron chi connectivity index (χ4n) is 2.66. The predicted molar refractivity (Wildman–Crippen MR) is 116 cm³/mol. The summed E-state index contributed by atoms with van der Waals surface area (Å²) in [4.78, 5) is 13.5. The summed E-state index contributed by atoms with van der Waals surface area (Å²) < 4.78 is 0. The molecule has 0 aliphatic heterocycles. The van der Waals surface area contributed by atoms with Crippen LogP contribution in [0.5, 0.6) is 0 Å². The van der Waals surface area contributed by atoms with E-state index in [1.54, 1.807) is 6.08 Å². The molecule has 0 atom stereocenters. The van der Waals surface area contributed by atoms with Crippen molar-refractivity contribution in [1.29, 1.82) is 0 Å². The molecule has 0 aliphatic rings. The van der Waals surface area contributed by atoms with Crippen LogP contribution in [-0.2, 0) is 10.5 Å². The van der Waals surface area contributed by atoms with E-state index in [1.807, 2.05) is 68.1 Å². The normalized spacial score (nSPS) is 10.9. The molecular weight excluding hydrogens is 350 g/mol. The van der Waals surface area contributed by atoms with E-state index in [2.05, 4.69) is 41.7 Å². The van der Waals surface area contributed by atoms with Crippen molar-refractivity contribution >= 4 is 29.4 Å². The summed E-state index contributed by atoms with van der Waals surface area (Å²) >= 11 is 1.81. The van der Waals surface area contributed by atoms with Gasteiger partial charge in [-0.2, -0.15) is 0 Å². The minimum absolute atomic E-state index is 0.120. The smallest absolute Gasteiger partial charge is 0.248 e. The molecule has 3 rings (SSSR count). The number of carbonyl (C=O) groups excluding carboxylic acids is 1. The molecule has 136 valence electrons.